The third-order valence-corrected chi connectivity index (χ3v) is 8.25. The highest BCUT2D eigenvalue weighted by molar-refractivity contribution is 7.07. The Morgan fingerprint density at radius 3 is 2.81 bits per heavy atom. The van der Waals surface area contributed by atoms with E-state index in [1.54, 1.807) is 28.8 Å². The van der Waals surface area contributed by atoms with Crippen LogP contribution in [0.3, 0.4) is 0 Å². The normalized spacial score (nSPS) is 29.2. The van der Waals surface area contributed by atoms with E-state index in [0.717, 1.165) is 5.56 Å². The van der Waals surface area contributed by atoms with Crippen LogP contribution in [-0.4, -0.2) is 28.8 Å². The lowest BCUT2D eigenvalue weighted by Crippen LogP contribution is -2.47. The number of hydrogen-bond donors (Lipinski definition) is 0. The number of halogens is 2. The highest BCUT2D eigenvalue weighted by Gasteiger charge is 2.88. The van der Waals surface area contributed by atoms with Crippen molar-refractivity contribution in [1.29, 1.82) is 0 Å². The number of rotatable bonds is 2. The van der Waals surface area contributed by atoms with E-state index in [-0.39, 0.29) is 5.56 Å². The maximum atomic E-state index is 13.6. The number of carbonyl (C=O) groups excluding carboxylic acids is 1. The van der Waals surface area contributed by atoms with Crippen LogP contribution in [0.4, 0.5) is 0 Å². The van der Waals surface area contributed by atoms with Gasteiger partial charge in [-0.3, -0.25) is 14.2 Å². The van der Waals surface area contributed by atoms with Crippen molar-refractivity contribution < 1.29 is 14.3 Å². The molecule has 1 aromatic heterocycles. The number of aromatic nitrogens is 1. The topological polar surface area (TPSA) is 69.9 Å². The summed E-state index contributed by atoms with van der Waals surface area (Å²) < 4.78 is 13.6. The maximum absolute atomic E-state index is 13.6. The van der Waals surface area contributed by atoms with Crippen molar-refractivity contribution in [3.8, 4) is 5.75 Å². The van der Waals surface area contributed by atoms with Gasteiger partial charge in [0.25, 0.3) is 5.56 Å². The van der Waals surface area contributed by atoms with Crippen molar-refractivity contribution in [3.63, 3.8) is 0 Å². The van der Waals surface area contributed by atoms with Crippen LogP contribution in [0.25, 0.3) is 6.08 Å². The average molecular weight is 487 g/mol. The van der Waals surface area contributed by atoms with Crippen LogP contribution in [0, 0.1) is 5.92 Å². The number of methoxy groups -OCH3 is 1. The molecule has 6 rings (SSSR count). The number of hydrogen-bond acceptors (Lipinski definition) is 6. The summed E-state index contributed by atoms with van der Waals surface area (Å²) in [5, 5.41) is 0.977. The SMILES string of the molecule is COC(=O)C1C2(C)N=c3s/c(=C\c4ccc(Cl)cc4Cl)c(=O)n3C3c4ccccc4OC312. The molecule has 162 valence electrons. The summed E-state index contributed by atoms with van der Waals surface area (Å²) in [6.07, 6.45) is 1.74. The molecular weight excluding hydrogens is 471 g/mol. The van der Waals surface area contributed by atoms with Crippen molar-refractivity contribution in [1.82, 2.24) is 4.57 Å². The van der Waals surface area contributed by atoms with Crippen LogP contribution in [-0.2, 0) is 9.53 Å². The number of ether oxygens (including phenoxy) is 2. The van der Waals surface area contributed by atoms with Crippen molar-refractivity contribution in [2.75, 3.05) is 7.11 Å². The quantitative estimate of drug-likeness (QED) is 0.522. The molecule has 0 radical (unpaired) electrons. The van der Waals surface area contributed by atoms with Gasteiger partial charge in [-0.15, -0.1) is 0 Å². The van der Waals surface area contributed by atoms with Crippen LogP contribution in [0.5, 0.6) is 5.75 Å². The first-order valence-corrected chi connectivity index (χ1v) is 11.5. The Labute approximate surface area is 196 Å². The summed E-state index contributed by atoms with van der Waals surface area (Å²) in [6.45, 7) is 1.89. The summed E-state index contributed by atoms with van der Waals surface area (Å²) in [5.74, 6) is -0.346. The molecule has 9 heteroatoms. The second-order valence-corrected chi connectivity index (χ2v) is 10.1. The lowest BCUT2D eigenvalue weighted by molar-refractivity contribution is -0.144. The monoisotopic (exact) mass is 486 g/mol. The van der Waals surface area contributed by atoms with E-state index >= 15 is 0 Å². The van der Waals surface area contributed by atoms with Gasteiger partial charge in [0.15, 0.2) is 10.4 Å². The molecule has 0 N–H and O–H groups in total. The smallest absolute Gasteiger partial charge is 0.315 e. The van der Waals surface area contributed by atoms with Gasteiger partial charge in [-0.25, -0.2) is 4.99 Å². The summed E-state index contributed by atoms with van der Waals surface area (Å²) in [5.41, 5.74) is -0.485. The number of esters is 1. The molecule has 1 saturated carbocycles. The Morgan fingerprint density at radius 2 is 2.06 bits per heavy atom. The zero-order valence-corrected chi connectivity index (χ0v) is 19.3. The second kappa shape index (κ2) is 6.47. The van der Waals surface area contributed by atoms with Gasteiger partial charge in [0.2, 0.25) is 0 Å². The minimum Gasteiger partial charge on any atom is -0.481 e. The van der Waals surface area contributed by atoms with Crippen LogP contribution >= 0.6 is 34.5 Å². The zero-order chi connectivity index (χ0) is 22.4. The molecule has 1 fully saturated rings. The van der Waals surface area contributed by atoms with Crippen molar-refractivity contribution >= 4 is 46.6 Å². The van der Waals surface area contributed by atoms with Gasteiger partial charge in [-0.2, -0.15) is 0 Å². The van der Waals surface area contributed by atoms with Crippen LogP contribution in [0.2, 0.25) is 10.0 Å². The van der Waals surface area contributed by atoms with Crippen molar-refractivity contribution in [3.05, 3.63) is 83.3 Å². The predicted molar refractivity (Wildman–Crippen MR) is 121 cm³/mol. The number of benzene rings is 2. The fraction of sp³-hybridized carbons (Fsp3) is 0.261. The lowest BCUT2D eigenvalue weighted by atomic mass is 9.97. The van der Waals surface area contributed by atoms with Gasteiger partial charge in [-0.1, -0.05) is 58.8 Å². The molecule has 32 heavy (non-hydrogen) atoms. The van der Waals surface area contributed by atoms with E-state index < -0.39 is 29.1 Å². The summed E-state index contributed by atoms with van der Waals surface area (Å²) in [7, 11) is 1.36. The van der Waals surface area contributed by atoms with Crippen molar-refractivity contribution in [2.45, 2.75) is 24.1 Å². The van der Waals surface area contributed by atoms with Gasteiger partial charge < -0.3 is 9.47 Å². The second-order valence-electron chi connectivity index (χ2n) is 8.29. The summed E-state index contributed by atoms with van der Waals surface area (Å²) in [6, 6.07) is 12.2. The molecule has 0 saturated heterocycles. The molecule has 4 atom stereocenters. The Bertz CT molecular complexity index is 1510. The van der Waals surface area contributed by atoms with Crippen molar-refractivity contribution in [2.24, 2.45) is 10.9 Å². The molecule has 4 unspecified atom stereocenters. The largest absolute Gasteiger partial charge is 0.481 e. The van der Waals surface area contributed by atoms with Gasteiger partial charge in [-0.05, 0) is 36.8 Å². The number of nitrogens with zero attached hydrogens (tertiary/aromatic N) is 2. The van der Waals surface area contributed by atoms with E-state index in [9.17, 15) is 9.59 Å². The summed E-state index contributed by atoms with van der Waals surface area (Å²) >= 11 is 13.6. The molecular formula is C23H16Cl2N2O4S. The Morgan fingerprint density at radius 1 is 1.28 bits per heavy atom. The Hall–Kier alpha value is -2.61. The Kier molecular flexibility index (Phi) is 4.05. The zero-order valence-electron chi connectivity index (χ0n) is 17.0. The molecule has 2 aliphatic heterocycles. The Balaban J connectivity index is 1.62. The van der Waals surface area contributed by atoms with Crippen LogP contribution in [0.15, 0.2) is 52.3 Å². The number of thiazole rings is 1. The number of fused-ring (bicyclic) bond motifs is 4. The minimum atomic E-state index is -0.989. The lowest BCUT2D eigenvalue weighted by Gasteiger charge is -2.26. The molecule has 3 aliphatic rings. The first-order valence-electron chi connectivity index (χ1n) is 9.95. The van der Waals surface area contributed by atoms with Crippen LogP contribution in [0.1, 0.15) is 24.1 Å². The predicted octanol–water partition coefficient (Wildman–Crippen LogP) is 2.96. The molecule has 3 heterocycles. The van der Waals surface area contributed by atoms with Gasteiger partial charge in [0.05, 0.1) is 11.6 Å². The van der Waals surface area contributed by atoms with Gasteiger partial charge in [0, 0.05) is 15.6 Å². The first-order chi connectivity index (χ1) is 15.3. The molecule has 0 amide bonds. The maximum Gasteiger partial charge on any atom is 0.315 e. The third-order valence-electron chi connectivity index (χ3n) is 6.71. The fourth-order valence-electron chi connectivity index (χ4n) is 5.22. The number of carbonyl (C=O) groups is 1. The minimum absolute atomic E-state index is 0.206. The standard InChI is InChI=1S/C23H16Cl2N2O4S/c1-22-17(20(29)30-2)23(22)18(13-5-3-4-6-15(13)31-23)27-19(28)16(32-21(27)26-22)9-11-7-8-12(24)10-14(11)25/h3-10,17-18H,1-2H3/b16-9-. The van der Waals surface area contributed by atoms with E-state index in [0.29, 0.717) is 30.7 Å². The molecule has 1 spiro atoms. The van der Waals surface area contributed by atoms with E-state index in [4.69, 9.17) is 37.7 Å². The summed E-state index contributed by atoms with van der Waals surface area (Å²) in [4.78, 5) is 31.7. The van der Waals surface area contributed by atoms with Gasteiger partial charge in [0.1, 0.15) is 23.2 Å². The van der Waals surface area contributed by atoms with Gasteiger partial charge >= 0.3 is 5.97 Å². The fourth-order valence-corrected chi connectivity index (χ4v) is 6.77. The molecule has 2 aromatic carbocycles. The van der Waals surface area contributed by atoms with E-state index in [2.05, 4.69) is 0 Å². The molecule has 3 aromatic rings. The van der Waals surface area contributed by atoms with E-state index in [1.165, 1.54) is 18.4 Å². The third kappa shape index (κ3) is 2.33. The van der Waals surface area contributed by atoms with Crippen LogP contribution < -0.4 is 19.6 Å². The first kappa shape index (κ1) is 20.0. The van der Waals surface area contributed by atoms with E-state index in [1.807, 2.05) is 31.2 Å². The molecule has 1 aliphatic carbocycles. The highest BCUT2D eigenvalue weighted by Crippen LogP contribution is 2.70. The number of para-hydroxylation sites is 1. The highest BCUT2D eigenvalue weighted by atomic mass is 35.5. The average Bonchev–Trinajstić information content (AvgIpc) is 2.98. The molecule has 0 bridgehead atoms. The molecule has 6 nitrogen and oxygen atoms in total.